The summed E-state index contributed by atoms with van der Waals surface area (Å²) >= 11 is 0. The molecule has 0 bridgehead atoms. The van der Waals surface area contributed by atoms with E-state index in [0.717, 1.165) is 18.4 Å². The Balaban J connectivity index is 2.08. The molecule has 2 aromatic rings. The maximum absolute atomic E-state index is 13.1. The molecule has 2 rings (SSSR count). The molecule has 0 unspecified atom stereocenters. The first-order chi connectivity index (χ1) is 14.5. The number of ether oxygens (including phenoxy) is 1. The first kappa shape index (κ1) is 23.4. The predicted octanol–water partition coefficient (Wildman–Crippen LogP) is 3.97. The van der Waals surface area contributed by atoms with Crippen LogP contribution in [0.1, 0.15) is 38.7 Å². The van der Waals surface area contributed by atoms with Crippen molar-refractivity contribution in [2.75, 3.05) is 19.7 Å². The van der Waals surface area contributed by atoms with Crippen molar-refractivity contribution in [1.82, 2.24) is 10.2 Å². The largest absolute Gasteiger partial charge is 0.484 e. The van der Waals surface area contributed by atoms with Gasteiger partial charge in [0.2, 0.25) is 5.91 Å². The van der Waals surface area contributed by atoms with Crippen molar-refractivity contribution < 1.29 is 18.7 Å². The molecule has 0 aliphatic carbocycles. The molecule has 0 saturated heterocycles. The van der Waals surface area contributed by atoms with Crippen molar-refractivity contribution >= 4 is 11.8 Å². The molecule has 1 N–H and O–H groups in total. The summed E-state index contributed by atoms with van der Waals surface area (Å²) in [6, 6.07) is 14.8. The Kier molecular flexibility index (Phi) is 9.84. The first-order valence-corrected chi connectivity index (χ1v) is 10.5. The van der Waals surface area contributed by atoms with Crippen molar-refractivity contribution in [3.63, 3.8) is 0 Å². The molecule has 30 heavy (non-hydrogen) atoms. The van der Waals surface area contributed by atoms with Crippen molar-refractivity contribution in [3.8, 4) is 5.75 Å². The number of carbonyl (C=O) groups is 2. The van der Waals surface area contributed by atoms with E-state index in [1.807, 2.05) is 37.3 Å². The minimum atomic E-state index is -0.560. The fourth-order valence-corrected chi connectivity index (χ4v) is 3.16. The highest BCUT2D eigenvalue weighted by Crippen LogP contribution is 2.13. The maximum atomic E-state index is 13.1. The predicted molar refractivity (Wildman–Crippen MR) is 116 cm³/mol. The van der Waals surface area contributed by atoms with Crippen LogP contribution in [0.15, 0.2) is 54.6 Å². The van der Waals surface area contributed by atoms with Gasteiger partial charge in [-0.1, -0.05) is 50.6 Å². The quantitative estimate of drug-likeness (QED) is 0.535. The number of hydrogen-bond acceptors (Lipinski definition) is 3. The molecule has 0 aliphatic heterocycles. The molecule has 0 saturated carbocycles. The molecular formula is C24H31FN2O3. The van der Waals surface area contributed by atoms with E-state index in [2.05, 4.69) is 12.2 Å². The van der Waals surface area contributed by atoms with E-state index < -0.39 is 6.04 Å². The van der Waals surface area contributed by atoms with Crippen LogP contribution < -0.4 is 10.1 Å². The molecule has 1 atom stereocenters. The van der Waals surface area contributed by atoms with Crippen LogP contribution in [0.25, 0.3) is 0 Å². The van der Waals surface area contributed by atoms with Crippen LogP contribution >= 0.6 is 0 Å². The molecule has 6 heteroatoms. The Morgan fingerprint density at radius 2 is 1.77 bits per heavy atom. The SMILES string of the molecule is CCCCNC(=O)[C@H](CC)N(CCc1ccccc1)C(=O)COc1ccc(F)cc1. The molecule has 2 amide bonds. The number of nitrogens with one attached hydrogen (secondary N) is 1. The monoisotopic (exact) mass is 414 g/mol. The summed E-state index contributed by atoms with van der Waals surface area (Å²) in [6.07, 6.45) is 3.03. The number of hydrogen-bond donors (Lipinski definition) is 1. The standard InChI is InChI=1S/C24H31FN2O3/c1-3-5-16-26-24(29)22(4-2)27(17-15-19-9-7-6-8-10-19)23(28)18-30-21-13-11-20(25)12-14-21/h6-14,22H,3-5,15-18H2,1-2H3,(H,26,29)/t22-/m0/s1. The summed E-state index contributed by atoms with van der Waals surface area (Å²) < 4.78 is 18.6. The highest BCUT2D eigenvalue weighted by Gasteiger charge is 2.28. The van der Waals surface area contributed by atoms with Gasteiger partial charge in [0.15, 0.2) is 6.61 Å². The zero-order valence-corrected chi connectivity index (χ0v) is 17.8. The lowest BCUT2D eigenvalue weighted by molar-refractivity contribution is -0.142. The van der Waals surface area contributed by atoms with Gasteiger partial charge in [0.1, 0.15) is 17.6 Å². The summed E-state index contributed by atoms with van der Waals surface area (Å²) in [6.45, 7) is 4.76. The summed E-state index contributed by atoms with van der Waals surface area (Å²) in [5, 5.41) is 2.93. The van der Waals surface area contributed by atoms with Gasteiger partial charge in [-0.25, -0.2) is 4.39 Å². The molecule has 162 valence electrons. The van der Waals surface area contributed by atoms with Crippen LogP contribution in [-0.4, -0.2) is 42.5 Å². The maximum Gasteiger partial charge on any atom is 0.261 e. The number of rotatable bonds is 12. The normalized spacial score (nSPS) is 11.6. The van der Waals surface area contributed by atoms with Gasteiger partial charge in [-0.15, -0.1) is 0 Å². The van der Waals surface area contributed by atoms with Gasteiger partial charge in [-0.3, -0.25) is 9.59 Å². The number of amides is 2. The fourth-order valence-electron chi connectivity index (χ4n) is 3.16. The van der Waals surface area contributed by atoms with Crippen LogP contribution in [0, 0.1) is 5.82 Å². The molecule has 0 heterocycles. The molecule has 0 spiro atoms. The number of unbranched alkanes of at least 4 members (excludes halogenated alkanes) is 1. The van der Waals surface area contributed by atoms with Gasteiger partial charge in [0.25, 0.3) is 5.91 Å². The number of halogens is 1. The van der Waals surface area contributed by atoms with Crippen molar-refractivity contribution in [1.29, 1.82) is 0 Å². The third-order valence-electron chi connectivity index (χ3n) is 4.88. The highest BCUT2D eigenvalue weighted by molar-refractivity contribution is 5.88. The van der Waals surface area contributed by atoms with Crippen LogP contribution in [0.4, 0.5) is 4.39 Å². The van der Waals surface area contributed by atoms with E-state index in [9.17, 15) is 14.0 Å². The van der Waals surface area contributed by atoms with Gasteiger partial charge in [0.05, 0.1) is 0 Å². The smallest absolute Gasteiger partial charge is 0.261 e. The van der Waals surface area contributed by atoms with Crippen molar-refractivity contribution in [3.05, 3.63) is 66.0 Å². The third kappa shape index (κ3) is 7.50. The van der Waals surface area contributed by atoms with Crippen molar-refractivity contribution in [2.24, 2.45) is 0 Å². The number of carbonyl (C=O) groups excluding carboxylic acids is 2. The second-order valence-corrected chi connectivity index (χ2v) is 7.13. The van der Waals surface area contributed by atoms with Gasteiger partial charge in [-0.2, -0.15) is 0 Å². The van der Waals surface area contributed by atoms with E-state index in [1.54, 1.807) is 4.90 Å². The summed E-state index contributed by atoms with van der Waals surface area (Å²) in [5.41, 5.74) is 1.09. The average Bonchev–Trinajstić information content (AvgIpc) is 2.76. The Hall–Kier alpha value is -2.89. The average molecular weight is 415 g/mol. The minimum Gasteiger partial charge on any atom is -0.484 e. The van der Waals surface area contributed by atoms with E-state index in [1.165, 1.54) is 24.3 Å². The molecule has 0 aliphatic rings. The molecule has 0 fully saturated rings. The molecule has 2 aromatic carbocycles. The topological polar surface area (TPSA) is 58.6 Å². The zero-order chi connectivity index (χ0) is 21.8. The Morgan fingerprint density at radius 1 is 1.07 bits per heavy atom. The second kappa shape index (κ2) is 12.6. The summed E-state index contributed by atoms with van der Waals surface area (Å²) in [4.78, 5) is 27.3. The van der Waals surface area contributed by atoms with Gasteiger partial charge < -0.3 is 15.0 Å². The van der Waals surface area contributed by atoms with Crippen molar-refractivity contribution in [2.45, 2.75) is 45.6 Å². The Labute approximate surface area is 178 Å². The van der Waals surface area contributed by atoms with Gasteiger partial charge >= 0.3 is 0 Å². The molecule has 0 aromatic heterocycles. The second-order valence-electron chi connectivity index (χ2n) is 7.13. The summed E-state index contributed by atoms with van der Waals surface area (Å²) in [7, 11) is 0. The van der Waals surface area contributed by atoms with E-state index >= 15 is 0 Å². The van der Waals surface area contributed by atoms with Crippen LogP contribution in [0.2, 0.25) is 0 Å². The fraction of sp³-hybridized carbons (Fsp3) is 0.417. The van der Waals surface area contributed by atoms with Crippen LogP contribution in [0.5, 0.6) is 5.75 Å². The van der Waals surface area contributed by atoms with Gasteiger partial charge in [-0.05, 0) is 49.1 Å². The van der Waals surface area contributed by atoms with E-state index in [0.29, 0.717) is 31.7 Å². The third-order valence-corrected chi connectivity index (χ3v) is 4.88. The van der Waals surface area contributed by atoms with E-state index in [-0.39, 0.29) is 24.2 Å². The minimum absolute atomic E-state index is 0.144. The summed E-state index contributed by atoms with van der Waals surface area (Å²) in [5.74, 6) is -0.372. The van der Waals surface area contributed by atoms with Crippen LogP contribution in [0.3, 0.4) is 0 Å². The Morgan fingerprint density at radius 3 is 2.40 bits per heavy atom. The highest BCUT2D eigenvalue weighted by atomic mass is 19.1. The number of benzene rings is 2. The zero-order valence-electron chi connectivity index (χ0n) is 17.8. The lowest BCUT2D eigenvalue weighted by Crippen LogP contribution is -2.51. The molecule has 5 nitrogen and oxygen atoms in total. The molecule has 0 radical (unpaired) electrons. The van der Waals surface area contributed by atoms with Gasteiger partial charge in [0, 0.05) is 13.1 Å². The van der Waals surface area contributed by atoms with E-state index in [4.69, 9.17) is 4.74 Å². The number of nitrogens with zero attached hydrogens (tertiary/aromatic N) is 1. The first-order valence-electron chi connectivity index (χ1n) is 10.5. The lowest BCUT2D eigenvalue weighted by atomic mass is 10.1. The van der Waals surface area contributed by atoms with Crippen LogP contribution in [-0.2, 0) is 16.0 Å². The molecular weight excluding hydrogens is 383 g/mol. The Bertz CT molecular complexity index is 781. The lowest BCUT2D eigenvalue weighted by Gasteiger charge is -2.30.